The van der Waals surface area contributed by atoms with E-state index in [9.17, 15) is 9.59 Å². The maximum Gasteiger partial charge on any atom is 0.225 e. The Kier molecular flexibility index (Phi) is 5.17. The molecular formula is C15H22N2O2S. The lowest BCUT2D eigenvalue weighted by Gasteiger charge is -2.31. The van der Waals surface area contributed by atoms with Gasteiger partial charge >= 0.3 is 0 Å². The molecule has 110 valence electrons. The third kappa shape index (κ3) is 4.07. The molecule has 0 aliphatic carbocycles. The van der Waals surface area contributed by atoms with E-state index in [-0.39, 0.29) is 23.8 Å². The molecule has 1 aliphatic heterocycles. The molecule has 2 atom stereocenters. The number of carbonyl (C=O) groups excluding carboxylic acids is 2. The van der Waals surface area contributed by atoms with Crippen molar-refractivity contribution >= 4 is 23.2 Å². The van der Waals surface area contributed by atoms with Crippen LogP contribution >= 0.6 is 11.3 Å². The van der Waals surface area contributed by atoms with Crippen molar-refractivity contribution in [1.29, 1.82) is 0 Å². The van der Waals surface area contributed by atoms with Crippen LogP contribution in [0.4, 0.5) is 0 Å². The van der Waals surface area contributed by atoms with Crippen molar-refractivity contribution in [3.05, 3.63) is 22.4 Å². The minimum absolute atomic E-state index is 0.0578. The highest BCUT2D eigenvalue weighted by atomic mass is 32.1. The standard InChI is InChI=1S/C15H22N2O2S/c1-11(8-13-5-7-20-10-13)16-15(19)14-4-3-6-17(9-14)12(2)18/h5,7,10-11,14H,3-4,6,8-9H2,1-2H3,(H,16,19)/t11-,14-/m0/s1. The molecule has 2 amide bonds. The Hall–Kier alpha value is -1.36. The summed E-state index contributed by atoms with van der Waals surface area (Å²) < 4.78 is 0. The maximum atomic E-state index is 12.3. The minimum Gasteiger partial charge on any atom is -0.353 e. The van der Waals surface area contributed by atoms with Crippen LogP contribution in [0.1, 0.15) is 32.3 Å². The van der Waals surface area contributed by atoms with E-state index in [2.05, 4.69) is 22.1 Å². The molecule has 4 nitrogen and oxygen atoms in total. The molecule has 1 aromatic rings. The molecule has 2 rings (SSSR count). The number of rotatable bonds is 4. The molecule has 1 aromatic heterocycles. The lowest BCUT2D eigenvalue weighted by atomic mass is 9.96. The zero-order valence-electron chi connectivity index (χ0n) is 12.1. The second-order valence-electron chi connectivity index (χ2n) is 5.55. The van der Waals surface area contributed by atoms with Crippen molar-refractivity contribution in [2.45, 2.75) is 39.2 Å². The number of carbonyl (C=O) groups is 2. The van der Waals surface area contributed by atoms with Crippen molar-refractivity contribution in [2.75, 3.05) is 13.1 Å². The van der Waals surface area contributed by atoms with E-state index in [4.69, 9.17) is 0 Å². The Labute approximate surface area is 124 Å². The second-order valence-corrected chi connectivity index (χ2v) is 6.33. The number of thiophene rings is 1. The van der Waals surface area contributed by atoms with Crippen molar-refractivity contribution in [3.63, 3.8) is 0 Å². The van der Waals surface area contributed by atoms with Gasteiger partial charge in [-0.3, -0.25) is 9.59 Å². The Morgan fingerprint density at radius 2 is 2.35 bits per heavy atom. The van der Waals surface area contributed by atoms with Gasteiger partial charge in [-0.15, -0.1) is 0 Å². The first kappa shape index (κ1) is 15.0. The van der Waals surface area contributed by atoms with Gasteiger partial charge in [-0.2, -0.15) is 11.3 Å². The van der Waals surface area contributed by atoms with Crippen molar-refractivity contribution in [3.8, 4) is 0 Å². The summed E-state index contributed by atoms with van der Waals surface area (Å²) in [5, 5.41) is 7.24. The number of hydrogen-bond acceptors (Lipinski definition) is 3. The van der Waals surface area contributed by atoms with Crippen LogP contribution in [0.2, 0.25) is 0 Å². The molecule has 20 heavy (non-hydrogen) atoms. The predicted octanol–water partition coefficient (Wildman–Crippen LogP) is 2.05. The van der Waals surface area contributed by atoms with Crippen LogP contribution < -0.4 is 5.32 Å². The average Bonchev–Trinajstić information content (AvgIpc) is 2.91. The monoisotopic (exact) mass is 294 g/mol. The third-order valence-electron chi connectivity index (χ3n) is 3.75. The third-order valence-corrected chi connectivity index (χ3v) is 4.48. The smallest absolute Gasteiger partial charge is 0.225 e. The molecular weight excluding hydrogens is 272 g/mol. The van der Waals surface area contributed by atoms with Crippen LogP contribution in [0.25, 0.3) is 0 Å². The maximum absolute atomic E-state index is 12.3. The van der Waals surface area contributed by atoms with Crippen LogP contribution in [0.5, 0.6) is 0 Å². The largest absolute Gasteiger partial charge is 0.353 e. The first-order chi connectivity index (χ1) is 9.56. The summed E-state index contributed by atoms with van der Waals surface area (Å²) in [6.07, 6.45) is 2.65. The molecule has 1 aliphatic rings. The fourth-order valence-corrected chi connectivity index (χ4v) is 3.33. The van der Waals surface area contributed by atoms with Crippen LogP contribution in [-0.2, 0) is 16.0 Å². The lowest BCUT2D eigenvalue weighted by Crippen LogP contribution is -2.46. The summed E-state index contributed by atoms with van der Waals surface area (Å²) in [5.74, 6) is 0.0880. The topological polar surface area (TPSA) is 49.4 Å². The van der Waals surface area contributed by atoms with Gasteiger partial charge < -0.3 is 10.2 Å². The molecule has 0 bridgehead atoms. The van der Waals surface area contributed by atoms with E-state index in [0.717, 1.165) is 25.8 Å². The van der Waals surface area contributed by atoms with E-state index in [1.54, 1.807) is 23.2 Å². The molecule has 1 saturated heterocycles. The van der Waals surface area contributed by atoms with Crippen molar-refractivity contribution in [2.24, 2.45) is 5.92 Å². The van der Waals surface area contributed by atoms with E-state index < -0.39 is 0 Å². The van der Waals surface area contributed by atoms with Gasteiger partial charge in [-0.1, -0.05) is 0 Å². The first-order valence-corrected chi connectivity index (χ1v) is 8.07. The van der Waals surface area contributed by atoms with Crippen LogP contribution in [0, 0.1) is 5.92 Å². The van der Waals surface area contributed by atoms with E-state index in [1.807, 2.05) is 6.92 Å². The van der Waals surface area contributed by atoms with Gasteiger partial charge in [0, 0.05) is 26.1 Å². The summed E-state index contributed by atoms with van der Waals surface area (Å²) in [7, 11) is 0. The van der Waals surface area contributed by atoms with Gasteiger partial charge in [0.05, 0.1) is 5.92 Å². The van der Waals surface area contributed by atoms with Crippen molar-refractivity contribution in [1.82, 2.24) is 10.2 Å². The highest BCUT2D eigenvalue weighted by Crippen LogP contribution is 2.17. The van der Waals surface area contributed by atoms with E-state index in [0.29, 0.717) is 6.54 Å². The molecule has 1 fully saturated rings. The highest BCUT2D eigenvalue weighted by molar-refractivity contribution is 7.07. The summed E-state index contributed by atoms with van der Waals surface area (Å²) in [6.45, 7) is 4.94. The summed E-state index contributed by atoms with van der Waals surface area (Å²) in [5.41, 5.74) is 1.26. The summed E-state index contributed by atoms with van der Waals surface area (Å²) in [4.78, 5) is 25.4. The zero-order valence-corrected chi connectivity index (χ0v) is 12.9. The number of amides is 2. The first-order valence-electron chi connectivity index (χ1n) is 7.13. The quantitative estimate of drug-likeness (QED) is 0.924. The average molecular weight is 294 g/mol. The van der Waals surface area contributed by atoms with Crippen LogP contribution in [0.15, 0.2) is 16.8 Å². The number of hydrogen-bond donors (Lipinski definition) is 1. The Morgan fingerprint density at radius 1 is 1.55 bits per heavy atom. The molecule has 0 radical (unpaired) electrons. The Bertz CT molecular complexity index is 458. The normalized spacial score (nSPS) is 20.5. The predicted molar refractivity (Wildman–Crippen MR) is 80.6 cm³/mol. The number of likely N-dealkylation sites (tertiary alicyclic amines) is 1. The van der Waals surface area contributed by atoms with Gasteiger partial charge in [0.25, 0.3) is 0 Å². The molecule has 1 N–H and O–H groups in total. The molecule has 0 unspecified atom stereocenters. The van der Waals surface area contributed by atoms with Crippen LogP contribution in [-0.4, -0.2) is 35.8 Å². The Balaban J connectivity index is 1.83. The van der Waals surface area contributed by atoms with E-state index in [1.165, 1.54) is 5.56 Å². The van der Waals surface area contributed by atoms with Gasteiger partial charge in [0.2, 0.25) is 11.8 Å². The molecule has 0 saturated carbocycles. The fourth-order valence-electron chi connectivity index (χ4n) is 2.65. The fraction of sp³-hybridized carbons (Fsp3) is 0.600. The van der Waals surface area contributed by atoms with Gasteiger partial charge in [0.1, 0.15) is 0 Å². The number of piperidine rings is 1. The Morgan fingerprint density at radius 3 is 3.00 bits per heavy atom. The second kappa shape index (κ2) is 6.88. The van der Waals surface area contributed by atoms with Gasteiger partial charge in [-0.05, 0) is 48.6 Å². The molecule has 0 aromatic carbocycles. The van der Waals surface area contributed by atoms with E-state index >= 15 is 0 Å². The van der Waals surface area contributed by atoms with Gasteiger partial charge in [-0.25, -0.2) is 0 Å². The lowest BCUT2D eigenvalue weighted by molar-refractivity contribution is -0.134. The highest BCUT2D eigenvalue weighted by Gasteiger charge is 2.27. The van der Waals surface area contributed by atoms with Gasteiger partial charge in [0.15, 0.2) is 0 Å². The summed E-state index contributed by atoms with van der Waals surface area (Å²) >= 11 is 1.68. The zero-order chi connectivity index (χ0) is 14.5. The minimum atomic E-state index is -0.0578. The number of nitrogens with one attached hydrogen (secondary N) is 1. The molecule has 2 heterocycles. The molecule has 0 spiro atoms. The van der Waals surface area contributed by atoms with Crippen LogP contribution in [0.3, 0.4) is 0 Å². The SMILES string of the molecule is CC(=O)N1CCC[C@H](C(=O)N[C@@H](C)Cc2ccsc2)C1. The van der Waals surface area contributed by atoms with Crippen molar-refractivity contribution < 1.29 is 9.59 Å². The number of nitrogens with zero attached hydrogens (tertiary/aromatic N) is 1. The summed E-state index contributed by atoms with van der Waals surface area (Å²) in [6, 6.07) is 2.22. The molecule has 5 heteroatoms.